The van der Waals surface area contributed by atoms with Crippen LogP contribution in [0.2, 0.25) is 0 Å². The summed E-state index contributed by atoms with van der Waals surface area (Å²) < 4.78 is 5.78. The van der Waals surface area contributed by atoms with Gasteiger partial charge in [-0.05, 0) is 42.7 Å². The number of fused-ring (bicyclic) bond motifs is 1. The Hall–Kier alpha value is -1.66. The van der Waals surface area contributed by atoms with E-state index in [0.29, 0.717) is 13.1 Å². The Balaban J connectivity index is 1.47. The fourth-order valence-electron chi connectivity index (χ4n) is 3.73. The highest BCUT2D eigenvalue weighted by atomic mass is 32.1. The lowest BCUT2D eigenvalue weighted by atomic mass is 9.87. The van der Waals surface area contributed by atoms with E-state index in [1.165, 1.54) is 10.4 Å². The largest absolute Gasteiger partial charge is 0.376 e. The summed E-state index contributed by atoms with van der Waals surface area (Å²) in [5, 5.41) is 9.25. The van der Waals surface area contributed by atoms with E-state index in [9.17, 15) is 4.79 Å². The standard InChI is InChI=1S/C18H23N3O2S/c22-18(13-5-6-14-10-19-20-17(14)9-13)21(11-15-3-1-7-23-15)12-16-4-2-8-24-16/h2,4,8,10,13,15H,1,3,5-7,9,11-12H2,(H,19,20)/t13-,15-/m0/s1. The second-order valence-electron chi connectivity index (χ2n) is 6.75. The third-order valence-electron chi connectivity index (χ3n) is 5.06. The molecule has 1 fully saturated rings. The van der Waals surface area contributed by atoms with Gasteiger partial charge in [0.25, 0.3) is 0 Å². The summed E-state index contributed by atoms with van der Waals surface area (Å²) >= 11 is 1.71. The van der Waals surface area contributed by atoms with Crippen molar-refractivity contribution in [3.8, 4) is 0 Å². The van der Waals surface area contributed by atoms with Gasteiger partial charge in [-0.3, -0.25) is 9.89 Å². The van der Waals surface area contributed by atoms with Gasteiger partial charge in [-0.15, -0.1) is 11.3 Å². The summed E-state index contributed by atoms with van der Waals surface area (Å²) in [6.45, 7) is 2.23. The van der Waals surface area contributed by atoms with Crippen molar-refractivity contribution in [1.82, 2.24) is 15.1 Å². The zero-order valence-electron chi connectivity index (χ0n) is 13.7. The number of ether oxygens (including phenoxy) is 1. The maximum absolute atomic E-state index is 13.2. The molecule has 4 rings (SSSR count). The Kier molecular flexibility index (Phi) is 4.67. The number of thiophene rings is 1. The summed E-state index contributed by atoms with van der Waals surface area (Å²) in [6, 6.07) is 4.15. The predicted molar refractivity (Wildman–Crippen MR) is 92.8 cm³/mol. The molecule has 3 heterocycles. The molecule has 0 radical (unpaired) electrons. The lowest BCUT2D eigenvalue weighted by Gasteiger charge is -2.30. The number of nitrogens with one attached hydrogen (secondary N) is 1. The van der Waals surface area contributed by atoms with Crippen molar-refractivity contribution in [2.24, 2.45) is 5.92 Å². The second kappa shape index (κ2) is 7.07. The molecular formula is C18H23N3O2S. The number of rotatable bonds is 5. The molecule has 128 valence electrons. The molecule has 1 saturated heterocycles. The SMILES string of the molecule is O=C([C@H]1CCc2cn[nH]c2C1)N(Cc1cccs1)C[C@@H]1CCCO1. The van der Waals surface area contributed by atoms with Gasteiger partial charge in [0, 0.05) is 36.1 Å². The van der Waals surface area contributed by atoms with Crippen LogP contribution < -0.4 is 0 Å². The van der Waals surface area contributed by atoms with Crippen molar-refractivity contribution in [1.29, 1.82) is 0 Å². The Bertz CT molecular complexity index is 676. The molecule has 24 heavy (non-hydrogen) atoms. The number of hydrogen-bond acceptors (Lipinski definition) is 4. The van der Waals surface area contributed by atoms with Gasteiger partial charge >= 0.3 is 0 Å². The number of hydrogen-bond donors (Lipinski definition) is 1. The summed E-state index contributed by atoms with van der Waals surface area (Å²) in [5.74, 6) is 0.318. The number of aryl methyl sites for hydroxylation is 1. The normalized spacial score (nSPS) is 23.2. The number of H-pyrrole nitrogens is 1. The van der Waals surface area contributed by atoms with Crippen molar-refractivity contribution in [3.05, 3.63) is 39.8 Å². The van der Waals surface area contributed by atoms with Gasteiger partial charge in [-0.25, -0.2) is 0 Å². The van der Waals surface area contributed by atoms with Gasteiger partial charge in [0.1, 0.15) is 0 Å². The van der Waals surface area contributed by atoms with Crippen LogP contribution in [0.1, 0.15) is 35.4 Å². The van der Waals surface area contributed by atoms with Crippen LogP contribution in [0.15, 0.2) is 23.7 Å². The first-order valence-corrected chi connectivity index (χ1v) is 9.61. The van der Waals surface area contributed by atoms with Crippen LogP contribution >= 0.6 is 11.3 Å². The highest BCUT2D eigenvalue weighted by Gasteiger charge is 2.31. The van der Waals surface area contributed by atoms with E-state index in [1.54, 1.807) is 11.3 Å². The Labute approximate surface area is 146 Å². The molecule has 5 nitrogen and oxygen atoms in total. The number of aromatic amines is 1. The van der Waals surface area contributed by atoms with E-state index in [0.717, 1.165) is 44.4 Å². The average molecular weight is 345 g/mol. The Morgan fingerprint density at radius 1 is 1.46 bits per heavy atom. The molecule has 2 atom stereocenters. The first-order chi connectivity index (χ1) is 11.8. The Morgan fingerprint density at radius 3 is 3.21 bits per heavy atom. The quantitative estimate of drug-likeness (QED) is 0.906. The van der Waals surface area contributed by atoms with Crippen molar-refractivity contribution in [3.63, 3.8) is 0 Å². The van der Waals surface area contributed by atoms with Crippen molar-refractivity contribution < 1.29 is 9.53 Å². The third-order valence-corrected chi connectivity index (χ3v) is 5.92. The Morgan fingerprint density at radius 2 is 2.42 bits per heavy atom. The molecular weight excluding hydrogens is 322 g/mol. The van der Waals surface area contributed by atoms with Crippen molar-refractivity contribution >= 4 is 17.2 Å². The number of carbonyl (C=O) groups is 1. The van der Waals surface area contributed by atoms with Gasteiger partial charge in [0.15, 0.2) is 0 Å². The topological polar surface area (TPSA) is 58.2 Å². The van der Waals surface area contributed by atoms with Crippen LogP contribution in [-0.2, 0) is 28.9 Å². The minimum absolute atomic E-state index is 0.0549. The van der Waals surface area contributed by atoms with Crippen LogP contribution in [0.5, 0.6) is 0 Å². The van der Waals surface area contributed by atoms with Gasteiger partial charge in [-0.2, -0.15) is 5.10 Å². The maximum Gasteiger partial charge on any atom is 0.226 e. The lowest BCUT2D eigenvalue weighted by Crippen LogP contribution is -2.41. The second-order valence-corrected chi connectivity index (χ2v) is 7.78. The molecule has 0 saturated carbocycles. The van der Waals surface area contributed by atoms with Gasteiger partial charge in [0.2, 0.25) is 5.91 Å². The molecule has 2 aromatic rings. The third kappa shape index (κ3) is 3.39. The van der Waals surface area contributed by atoms with E-state index in [1.807, 2.05) is 17.2 Å². The monoisotopic (exact) mass is 345 g/mol. The van der Waals surface area contributed by atoms with Crippen LogP contribution in [0.25, 0.3) is 0 Å². The number of nitrogens with zero attached hydrogens (tertiary/aromatic N) is 2. The maximum atomic E-state index is 13.2. The van der Waals surface area contributed by atoms with Crippen molar-refractivity contribution in [2.75, 3.05) is 13.2 Å². The van der Waals surface area contributed by atoms with E-state index in [2.05, 4.69) is 21.6 Å². The first kappa shape index (κ1) is 15.8. The summed E-state index contributed by atoms with van der Waals surface area (Å²) in [5.41, 5.74) is 2.40. The van der Waals surface area contributed by atoms with Crippen LogP contribution in [0.3, 0.4) is 0 Å². The smallest absolute Gasteiger partial charge is 0.226 e. The summed E-state index contributed by atoms with van der Waals surface area (Å²) in [6.07, 6.45) is 6.88. The highest BCUT2D eigenvalue weighted by molar-refractivity contribution is 7.09. The number of carbonyl (C=O) groups excluding carboxylic acids is 1. The summed E-state index contributed by atoms with van der Waals surface area (Å²) in [7, 11) is 0. The molecule has 1 aliphatic heterocycles. The molecule has 0 spiro atoms. The van der Waals surface area contributed by atoms with Crippen molar-refractivity contribution in [2.45, 2.75) is 44.8 Å². The number of aromatic nitrogens is 2. The molecule has 0 bridgehead atoms. The zero-order valence-corrected chi connectivity index (χ0v) is 14.6. The molecule has 1 aliphatic carbocycles. The minimum Gasteiger partial charge on any atom is -0.376 e. The van der Waals surface area contributed by atoms with Crippen LogP contribution in [-0.4, -0.2) is 40.3 Å². The minimum atomic E-state index is 0.0549. The van der Waals surface area contributed by atoms with Gasteiger partial charge in [-0.1, -0.05) is 6.07 Å². The van der Waals surface area contributed by atoms with E-state index < -0.39 is 0 Å². The molecule has 2 aliphatic rings. The van der Waals surface area contributed by atoms with Gasteiger partial charge in [0.05, 0.1) is 18.8 Å². The van der Waals surface area contributed by atoms with E-state index in [-0.39, 0.29) is 17.9 Å². The first-order valence-electron chi connectivity index (χ1n) is 8.73. The molecule has 1 N–H and O–H groups in total. The molecule has 2 aromatic heterocycles. The van der Waals surface area contributed by atoms with Gasteiger partial charge < -0.3 is 9.64 Å². The van der Waals surface area contributed by atoms with Crippen LogP contribution in [0, 0.1) is 5.92 Å². The fraction of sp³-hybridized carbons (Fsp3) is 0.556. The number of amides is 1. The zero-order chi connectivity index (χ0) is 16.4. The predicted octanol–water partition coefficient (Wildman–Crippen LogP) is 2.78. The molecule has 1 amide bonds. The average Bonchev–Trinajstić information content (AvgIpc) is 3.35. The molecule has 0 unspecified atom stereocenters. The van der Waals surface area contributed by atoms with Crippen LogP contribution in [0.4, 0.5) is 0 Å². The molecule has 6 heteroatoms. The summed E-state index contributed by atoms with van der Waals surface area (Å²) in [4.78, 5) is 16.4. The molecule has 0 aromatic carbocycles. The highest BCUT2D eigenvalue weighted by Crippen LogP contribution is 2.27. The van der Waals surface area contributed by atoms with E-state index >= 15 is 0 Å². The van der Waals surface area contributed by atoms with E-state index in [4.69, 9.17) is 4.74 Å². The lowest BCUT2D eigenvalue weighted by molar-refractivity contribution is -0.138. The fourth-order valence-corrected chi connectivity index (χ4v) is 4.45.